The second-order valence-corrected chi connectivity index (χ2v) is 6.65. The summed E-state index contributed by atoms with van der Waals surface area (Å²) in [6.07, 6.45) is 3.75. The van der Waals surface area contributed by atoms with E-state index in [4.69, 9.17) is 0 Å². The largest absolute Gasteiger partial charge is 0.341 e. The molecule has 2 fully saturated rings. The van der Waals surface area contributed by atoms with Crippen molar-refractivity contribution in [3.8, 4) is 0 Å². The van der Waals surface area contributed by atoms with Gasteiger partial charge in [-0.3, -0.25) is 14.5 Å². The molecule has 3 heterocycles. The fourth-order valence-corrected chi connectivity index (χ4v) is 3.86. The van der Waals surface area contributed by atoms with Crippen molar-refractivity contribution in [3.63, 3.8) is 0 Å². The van der Waals surface area contributed by atoms with Gasteiger partial charge in [-0.15, -0.1) is 0 Å². The highest BCUT2D eigenvalue weighted by Crippen LogP contribution is 2.29. The lowest BCUT2D eigenvalue weighted by atomic mass is 10.2. The van der Waals surface area contributed by atoms with Gasteiger partial charge in [-0.05, 0) is 37.9 Å². The van der Waals surface area contributed by atoms with E-state index in [0.717, 1.165) is 56.8 Å². The van der Waals surface area contributed by atoms with Gasteiger partial charge in [0.2, 0.25) is 5.91 Å². The van der Waals surface area contributed by atoms with Crippen molar-refractivity contribution in [1.29, 1.82) is 0 Å². The zero-order valence-electron chi connectivity index (χ0n) is 13.7. The monoisotopic (exact) mass is 326 g/mol. The Balaban J connectivity index is 1.54. The number of hydrogen-bond donors (Lipinski definition) is 1. The number of para-hydroxylation sites is 1. The third kappa shape index (κ3) is 2.82. The molecule has 2 aliphatic rings. The number of carbonyl (C=O) groups excluding carboxylic acids is 1. The predicted molar refractivity (Wildman–Crippen MR) is 91.7 cm³/mol. The second kappa shape index (κ2) is 6.36. The molecule has 0 saturated carbocycles. The molecule has 126 valence electrons. The van der Waals surface area contributed by atoms with Crippen molar-refractivity contribution < 1.29 is 4.79 Å². The Bertz CT molecular complexity index is 816. The maximum Gasteiger partial charge on any atom is 0.258 e. The van der Waals surface area contributed by atoms with Gasteiger partial charge in [0.25, 0.3) is 5.56 Å². The number of rotatable bonds is 4. The molecule has 1 amide bonds. The van der Waals surface area contributed by atoms with E-state index in [1.807, 2.05) is 23.1 Å². The van der Waals surface area contributed by atoms with Crippen LogP contribution in [-0.2, 0) is 4.79 Å². The highest BCUT2D eigenvalue weighted by molar-refractivity contribution is 5.78. The first-order chi connectivity index (χ1) is 11.7. The van der Waals surface area contributed by atoms with Gasteiger partial charge in [-0.2, -0.15) is 0 Å². The van der Waals surface area contributed by atoms with Crippen LogP contribution in [0.4, 0.5) is 0 Å². The number of aromatic nitrogens is 2. The Morgan fingerprint density at radius 3 is 2.83 bits per heavy atom. The first kappa shape index (κ1) is 15.3. The van der Waals surface area contributed by atoms with Crippen molar-refractivity contribution in [2.24, 2.45) is 0 Å². The van der Waals surface area contributed by atoms with Crippen LogP contribution in [0, 0.1) is 0 Å². The summed E-state index contributed by atoms with van der Waals surface area (Å²) in [6, 6.07) is 7.59. The molecule has 6 heteroatoms. The first-order valence-electron chi connectivity index (χ1n) is 8.73. The van der Waals surface area contributed by atoms with Crippen LogP contribution in [0.3, 0.4) is 0 Å². The Hall–Kier alpha value is -2.21. The minimum atomic E-state index is -0.0721. The van der Waals surface area contributed by atoms with Crippen LogP contribution in [0.2, 0.25) is 0 Å². The van der Waals surface area contributed by atoms with Gasteiger partial charge >= 0.3 is 0 Å². The molecule has 24 heavy (non-hydrogen) atoms. The SMILES string of the molecule is O=C1CCCN1CCN1CCCC1c1nc2ccccc2c(=O)[nH]1. The minimum absolute atomic E-state index is 0.0721. The lowest BCUT2D eigenvalue weighted by Crippen LogP contribution is -2.36. The van der Waals surface area contributed by atoms with Gasteiger partial charge in [-0.1, -0.05) is 12.1 Å². The van der Waals surface area contributed by atoms with Gasteiger partial charge in [0.05, 0.1) is 16.9 Å². The Kier molecular flexibility index (Phi) is 4.06. The number of benzene rings is 1. The van der Waals surface area contributed by atoms with Crippen LogP contribution in [0.5, 0.6) is 0 Å². The Morgan fingerprint density at radius 1 is 1.12 bits per heavy atom. The van der Waals surface area contributed by atoms with E-state index in [-0.39, 0.29) is 17.5 Å². The van der Waals surface area contributed by atoms with Crippen LogP contribution in [-0.4, -0.2) is 51.9 Å². The van der Waals surface area contributed by atoms with Gasteiger partial charge in [-0.25, -0.2) is 4.98 Å². The number of nitrogens with one attached hydrogen (secondary N) is 1. The van der Waals surface area contributed by atoms with Gasteiger partial charge < -0.3 is 9.88 Å². The molecule has 4 rings (SSSR count). The van der Waals surface area contributed by atoms with Crippen molar-refractivity contribution in [2.75, 3.05) is 26.2 Å². The van der Waals surface area contributed by atoms with E-state index < -0.39 is 0 Å². The highest BCUT2D eigenvalue weighted by Gasteiger charge is 2.29. The molecule has 1 aromatic heterocycles. The summed E-state index contributed by atoms with van der Waals surface area (Å²) in [6.45, 7) is 3.48. The number of H-pyrrole nitrogens is 1. The smallest absolute Gasteiger partial charge is 0.258 e. The summed E-state index contributed by atoms with van der Waals surface area (Å²) >= 11 is 0. The summed E-state index contributed by atoms with van der Waals surface area (Å²) in [5.74, 6) is 1.02. The molecule has 6 nitrogen and oxygen atoms in total. The third-order valence-corrected chi connectivity index (χ3v) is 5.14. The zero-order chi connectivity index (χ0) is 16.5. The number of aromatic amines is 1. The van der Waals surface area contributed by atoms with Crippen LogP contribution in [0.15, 0.2) is 29.1 Å². The molecule has 0 radical (unpaired) electrons. The Morgan fingerprint density at radius 2 is 2.00 bits per heavy atom. The van der Waals surface area contributed by atoms with E-state index in [0.29, 0.717) is 11.8 Å². The Labute approximate surface area is 140 Å². The lowest BCUT2D eigenvalue weighted by Gasteiger charge is -2.26. The molecule has 1 aromatic carbocycles. The summed E-state index contributed by atoms with van der Waals surface area (Å²) < 4.78 is 0. The van der Waals surface area contributed by atoms with Crippen molar-refractivity contribution in [3.05, 3.63) is 40.4 Å². The number of amides is 1. The molecular weight excluding hydrogens is 304 g/mol. The molecule has 2 aliphatic heterocycles. The van der Waals surface area contributed by atoms with E-state index in [1.165, 1.54) is 0 Å². The van der Waals surface area contributed by atoms with Crippen LogP contribution in [0.1, 0.15) is 37.5 Å². The van der Waals surface area contributed by atoms with Gasteiger partial charge in [0.1, 0.15) is 5.82 Å². The molecule has 1 unspecified atom stereocenters. The molecular formula is C18H22N4O2. The second-order valence-electron chi connectivity index (χ2n) is 6.65. The van der Waals surface area contributed by atoms with Gasteiger partial charge in [0, 0.05) is 26.1 Å². The van der Waals surface area contributed by atoms with E-state index in [9.17, 15) is 9.59 Å². The lowest BCUT2D eigenvalue weighted by molar-refractivity contribution is -0.127. The maximum atomic E-state index is 12.3. The standard InChI is InChI=1S/C18H22N4O2/c23-16-8-4-10-22(16)12-11-21-9-3-7-15(21)17-19-14-6-2-1-5-13(14)18(24)20-17/h1-2,5-6,15H,3-4,7-12H2,(H,19,20,24). The van der Waals surface area contributed by atoms with Crippen molar-refractivity contribution in [1.82, 2.24) is 19.8 Å². The number of fused-ring (bicyclic) bond motifs is 1. The van der Waals surface area contributed by atoms with E-state index in [2.05, 4.69) is 14.9 Å². The fraction of sp³-hybridized carbons (Fsp3) is 0.500. The molecule has 1 N–H and O–H groups in total. The van der Waals surface area contributed by atoms with Gasteiger partial charge in [0.15, 0.2) is 0 Å². The molecule has 2 saturated heterocycles. The van der Waals surface area contributed by atoms with Crippen LogP contribution >= 0.6 is 0 Å². The minimum Gasteiger partial charge on any atom is -0.341 e. The normalized spacial score (nSPS) is 21.9. The quantitative estimate of drug-likeness (QED) is 0.928. The number of hydrogen-bond acceptors (Lipinski definition) is 4. The molecule has 0 spiro atoms. The van der Waals surface area contributed by atoms with Crippen LogP contribution < -0.4 is 5.56 Å². The van der Waals surface area contributed by atoms with Crippen molar-refractivity contribution >= 4 is 16.8 Å². The summed E-state index contributed by atoms with van der Waals surface area (Å²) in [5.41, 5.74) is 0.676. The summed E-state index contributed by atoms with van der Waals surface area (Å²) in [4.78, 5) is 36.0. The summed E-state index contributed by atoms with van der Waals surface area (Å²) in [5, 5.41) is 0.633. The maximum absolute atomic E-state index is 12.3. The topological polar surface area (TPSA) is 69.3 Å². The molecule has 0 aliphatic carbocycles. The number of likely N-dealkylation sites (tertiary alicyclic amines) is 2. The zero-order valence-corrected chi connectivity index (χ0v) is 13.7. The highest BCUT2D eigenvalue weighted by atomic mass is 16.2. The average Bonchev–Trinajstić information content (AvgIpc) is 3.21. The predicted octanol–water partition coefficient (Wildman–Crippen LogP) is 1.68. The number of nitrogens with zero attached hydrogens (tertiary/aromatic N) is 3. The third-order valence-electron chi connectivity index (χ3n) is 5.14. The molecule has 2 aromatic rings. The average molecular weight is 326 g/mol. The fourth-order valence-electron chi connectivity index (χ4n) is 3.86. The van der Waals surface area contributed by atoms with E-state index >= 15 is 0 Å². The van der Waals surface area contributed by atoms with E-state index in [1.54, 1.807) is 6.07 Å². The van der Waals surface area contributed by atoms with Crippen molar-refractivity contribution in [2.45, 2.75) is 31.7 Å². The summed E-state index contributed by atoms with van der Waals surface area (Å²) in [7, 11) is 0. The first-order valence-corrected chi connectivity index (χ1v) is 8.73. The molecule has 1 atom stereocenters. The molecule has 0 bridgehead atoms. The van der Waals surface area contributed by atoms with Crippen LogP contribution in [0.25, 0.3) is 10.9 Å². The number of carbonyl (C=O) groups is 1.